The van der Waals surface area contributed by atoms with Crippen LogP contribution in [0.3, 0.4) is 0 Å². The van der Waals surface area contributed by atoms with Crippen LogP contribution < -0.4 is 10.5 Å². The van der Waals surface area contributed by atoms with Crippen LogP contribution in [0.5, 0.6) is 5.75 Å². The molecule has 3 heterocycles. The third kappa shape index (κ3) is 4.23. The van der Waals surface area contributed by atoms with Crippen LogP contribution in [0.25, 0.3) is 11.2 Å². The molecule has 0 unspecified atom stereocenters. The molecule has 0 radical (unpaired) electrons. The van der Waals surface area contributed by atoms with Gasteiger partial charge in [-0.1, -0.05) is 48.5 Å². The molecule has 8 nitrogen and oxygen atoms in total. The summed E-state index contributed by atoms with van der Waals surface area (Å²) in [6, 6.07) is 20.0. The Morgan fingerprint density at radius 2 is 1.77 bits per heavy atom. The molecule has 8 heteroatoms. The molecule has 5 aromatic rings. The van der Waals surface area contributed by atoms with Gasteiger partial charge in [-0.05, 0) is 28.8 Å². The van der Waals surface area contributed by atoms with E-state index in [1.807, 2.05) is 59.5 Å². The molecule has 2 aromatic carbocycles. The van der Waals surface area contributed by atoms with Gasteiger partial charge in [-0.15, -0.1) is 5.10 Å². The van der Waals surface area contributed by atoms with E-state index < -0.39 is 0 Å². The van der Waals surface area contributed by atoms with Crippen molar-refractivity contribution in [3.63, 3.8) is 0 Å². The highest BCUT2D eigenvalue weighted by Crippen LogP contribution is 2.22. The highest BCUT2D eigenvalue weighted by atomic mass is 16.5. The number of benzene rings is 2. The van der Waals surface area contributed by atoms with E-state index in [0.29, 0.717) is 31.0 Å². The van der Waals surface area contributed by atoms with Gasteiger partial charge in [-0.3, -0.25) is 4.68 Å². The first-order valence-corrected chi connectivity index (χ1v) is 9.96. The summed E-state index contributed by atoms with van der Waals surface area (Å²) < 4.78 is 7.98. The number of hydrogen-bond donors (Lipinski definition) is 2. The third-order valence-electron chi connectivity index (χ3n) is 5.01. The smallest absolute Gasteiger partial charge is 0.203 e. The van der Waals surface area contributed by atoms with Crippen LogP contribution in [0.4, 0.5) is 5.82 Å². The van der Waals surface area contributed by atoms with Crippen LogP contribution in [-0.2, 0) is 19.6 Å². The molecule has 0 spiro atoms. The molecule has 0 saturated heterocycles. The molecule has 0 amide bonds. The van der Waals surface area contributed by atoms with Crippen molar-refractivity contribution in [3.05, 3.63) is 95.3 Å². The largest absolute Gasteiger partial charge is 0.489 e. The fourth-order valence-electron chi connectivity index (χ4n) is 3.54. The zero-order valence-electron chi connectivity index (χ0n) is 16.8. The fourth-order valence-corrected chi connectivity index (χ4v) is 3.54. The van der Waals surface area contributed by atoms with E-state index in [9.17, 15) is 0 Å². The van der Waals surface area contributed by atoms with Crippen molar-refractivity contribution in [2.24, 2.45) is 0 Å². The zero-order valence-corrected chi connectivity index (χ0v) is 16.8. The molecule has 3 N–H and O–H groups in total. The van der Waals surface area contributed by atoms with Crippen molar-refractivity contribution < 1.29 is 4.74 Å². The minimum absolute atomic E-state index is 0.424. The molecule has 5 rings (SSSR count). The molecule has 0 aliphatic heterocycles. The maximum Gasteiger partial charge on any atom is 0.203 e. The van der Waals surface area contributed by atoms with Crippen molar-refractivity contribution in [2.75, 3.05) is 5.73 Å². The van der Waals surface area contributed by atoms with E-state index in [4.69, 9.17) is 10.5 Å². The normalized spacial score (nSPS) is 11.1. The van der Waals surface area contributed by atoms with Crippen LogP contribution in [0.15, 0.2) is 73.1 Å². The number of para-hydroxylation sites is 1. The number of nitrogen functional groups attached to an aromatic ring is 1. The number of aromatic amines is 1. The molecule has 0 aliphatic carbocycles. The average Bonchev–Trinajstić information content (AvgIpc) is 3.43. The Labute approximate surface area is 178 Å². The van der Waals surface area contributed by atoms with Crippen LogP contribution in [0.2, 0.25) is 0 Å². The molecule has 3 aromatic heterocycles. The minimum atomic E-state index is 0.424. The lowest BCUT2D eigenvalue weighted by molar-refractivity contribution is 0.302. The summed E-state index contributed by atoms with van der Waals surface area (Å²) in [5.74, 6) is 1.28. The number of rotatable bonds is 7. The molecule has 0 fully saturated rings. The van der Waals surface area contributed by atoms with Gasteiger partial charge in [-0.2, -0.15) is 15.4 Å². The number of nitrogens with zero attached hydrogens (tertiary/aromatic N) is 5. The van der Waals surface area contributed by atoms with Gasteiger partial charge < -0.3 is 10.5 Å². The monoisotopic (exact) mass is 411 g/mol. The molecular formula is C23H21N7O. The van der Waals surface area contributed by atoms with Crippen molar-refractivity contribution >= 4 is 17.0 Å². The van der Waals surface area contributed by atoms with Crippen molar-refractivity contribution in [2.45, 2.75) is 19.6 Å². The Morgan fingerprint density at radius 1 is 0.935 bits per heavy atom. The first-order chi connectivity index (χ1) is 15.2. The lowest BCUT2D eigenvalue weighted by Crippen LogP contribution is -2.04. The van der Waals surface area contributed by atoms with E-state index in [1.165, 1.54) is 0 Å². The Balaban J connectivity index is 1.31. The van der Waals surface area contributed by atoms with Crippen molar-refractivity contribution in [3.8, 4) is 5.75 Å². The molecule has 0 saturated carbocycles. The standard InChI is InChI=1S/C23H21N7O/c24-21-11-19(22-23(26-21)28-29-27-22)10-17-12-25-30(13-17)14-18-8-4-5-9-20(18)31-15-16-6-2-1-3-7-16/h1-9,11-13H,10,14-15H2,(H3,24,26,27,28,29). The second-order valence-corrected chi connectivity index (χ2v) is 7.31. The van der Waals surface area contributed by atoms with Gasteiger partial charge in [0.15, 0.2) is 0 Å². The lowest BCUT2D eigenvalue weighted by Gasteiger charge is -2.11. The summed E-state index contributed by atoms with van der Waals surface area (Å²) in [6.07, 6.45) is 4.52. The minimum Gasteiger partial charge on any atom is -0.489 e. The topological polar surface area (TPSA) is 108 Å². The molecular weight excluding hydrogens is 390 g/mol. The quantitative estimate of drug-likeness (QED) is 0.425. The van der Waals surface area contributed by atoms with Crippen LogP contribution in [0, 0.1) is 0 Å². The first-order valence-electron chi connectivity index (χ1n) is 9.96. The highest BCUT2D eigenvalue weighted by Gasteiger charge is 2.11. The number of nitrogens with two attached hydrogens (primary N) is 1. The SMILES string of the molecule is Nc1cc(Cc2cnn(Cc3ccccc3OCc3ccccc3)c2)c2n[nH]nc2n1. The summed E-state index contributed by atoms with van der Waals surface area (Å²) in [7, 11) is 0. The maximum atomic E-state index is 6.07. The van der Waals surface area contributed by atoms with Crippen LogP contribution in [0.1, 0.15) is 22.3 Å². The number of fused-ring (bicyclic) bond motifs is 1. The van der Waals surface area contributed by atoms with E-state index in [2.05, 4.69) is 43.7 Å². The van der Waals surface area contributed by atoms with Gasteiger partial charge in [0.1, 0.15) is 23.7 Å². The predicted octanol–water partition coefficient (Wildman–Crippen LogP) is 3.35. The fraction of sp³-hybridized carbons (Fsp3) is 0.130. The zero-order chi connectivity index (χ0) is 21.0. The molecule has 154 valence electrons. The van der Waals surface area contributed by atoms with Gasteiger partial charge in [0, 0.05) is 18.2 Å². The summed E-state index contributed by atoms with van der Waals surface area (Å²) in [5, 5.41) is 15.4. The molecule has 0 bridgehead atoms. The lowest BCUT2D eigenvalue weighted by atomic mass is 10.1. The summed E-state index contributed by atoms with van der Waals surface area (Å²) >= 11 is 0. The number of anilines is 1. The Morgan fingerprint density at radius 3 is 2.68 bits per heavy atom. The second-order valence-electron chi connectivity index (χ2n) is 7.31. The van der Waals surface area contributed by atoms with E-state index in [-0.39, 0.29) is 0 Å². The number of hydrogen-bond acceptors (Lipinski definition) is 6. The number of aromatic nitrogens is 6. The number of nitrogens with one attached hydrogen (secondary N) is 1. The molecule has 0 aliphatic rings. The summed E-state index contributed by atoms with van der Waals surface area (Å²) in [5.41, 5.74) is 11.4. The Kier molecular flexibility index (Phi) is 5.02. The highest BCUT2D eigenvalue weighted by molar-refractivity contribution is 5.76. The van der Waals surface area contributed by atoms with E-state index in [0.717, 1.165) is 33.5 Å². The Hall–Kier alpha value is -4.20. The third-order valence-corrected chi connectivity index (χ3v) is 5.01. The molecule has 31 heavy (non-hydrogen) atoms. The number of ether oxygens (including phenoxy) is 1. The van der Waals surface area contributed by atoms with Gasteiger partial charge in [0.2, 0.25) is 5.65 Å². The van der Waals surface area contributed by atoms with E-state index in [1.54, 1.807) is 0 Å². The Bertz CT molecular complexity index is 1310. The van der Waals surface area contributed by atoms with Gasteiger partial charge >= 0.3 is 0 Å². The second kappa shape index (κ2) is 8.27. The molecule has 0 atom stereocenters. The van der Waals surface area contributed by atoms with Gasteiger partial charge in [0.05, 0.1) is 12.7 Å². The first kappa shape index (κ1) is 18.8. The van der Waals surface area contributed by atoms with Crippen molar-refractivity contribution in [1.82, 2.24) is 30.2 Å². The van der Waals surface area contributed by atoms with E-state index >= 15 is 0 Å². The van der Waals surface area contributed by atoms with Crippen LogP contribution >= 0.6 is 0 Å². The van der Waals surface area contributed by atoms with Crippen molar-refractivity contribution in [1.29, 1.82) is 0 Å². The summed E-state index contributed by atoms with van der Waals surface area (Å²) in [6.45, 7) is 1.14. The van der Waals surface area contributed by atoms with Gasteiger partial charge in [0.25, 0.3) is 0 Å². The summed E-state index contributed by atoms with van der Waals surface area (Å²) in [4.78, 5) is 4.19. The average molecular weight is 411 g/mol. The number of pyridine rings is 1. The van der Waals surface area contributed by atoms with Crippen LogP contribution in [-0.4, -0.2) is 30.2 Å². The van der Waals surface area contributed by atoms with Gasteiger partial charge in [-0.25, -0.2) is 4.98 Å². The maximum absolute atomic E-state index is 6.07. The number of H-pyrrole nitrogens is 1. The predicted molar refractivity (Wildman–Crippen MR) is 117 cm³/mol.